The topological polar surface area (TPSA) is 126 Å². The number of nitrogens with one attached hydrogen (secondary N) is 3. The number of aromatic nitrogens is 2. The van der Waals surface area contributed by atoms with Crippen LogP contribution in [0.3, 0.4) is 0 Å². The Labute approximate surface area is 180 Å². The Morgan fingerprint density at radius 3 is 2.81 bits per heavy atom. The van der Waals surface area contributed by atoms with Crippen LogP contribution < -0.4 is 16.0 Å². The second-order valence-corrected chi connectivity index (χ2v) is 7.06. The van der Waals surface area contributed by atoms with Crippen LogP contribution >= 0.6 is 11.6 Å². The smallest absolute Gasteiger partial charge is 0.254 e. The summed E-state index contributed by atoms with van der Waals surface area (Å²) in [6.07, 6.45) is -0.300. The van der Waals surface area contributed by atoms with Crippen LogP contribution in [0.4, 0.5) is 10.1 Å². The number of rotatable bonds is 5. The van der Waals surface area contributed by atoms with E-state index < -0.39 is 29.6 Å². The predicted molar refractivity (Wildman–Crippen MR) is 107 cm³/mol. The van der Waals surface area contributed by atoms with Crippen molar-refractivity contribution in [3.8, 4) is 11.4 Å². The van der Waals surface area contributed by atoms with Crippen molar-refractivity contribution in [2.75, 3.05) is 5.32 Å². The number of hydrogen-bond acceptors (Lipinski definition) is 6. The zero-order valence-corrected chi connectivity index (χ0v) is 16.6. The molecule has 0 fully saturated rings. The maximum atomic E-state index is 14.0. The summed E-state index contributed by atoms with van der Waals surface area (Å²) < 4.78 is 19.0. The highest BCUT2D eigenvalue weighted by molar-refractivity contribution is 6.33. The Balaban J connectivity index is 1.38. The highest BCUT2D eigenvalue weighted by atomic mass is 35.5. The molecule has 3 N–H and O–H groups in total. The van der Waals surface area contributed by atoms with Crippen LogP contribution in [0.5, 0.6) is 0 Å². The number of carbonyl (C=O) groups is 3. The number of benzene rings is 2. The van der Waals surface area contributed by atoms with E-state index in [1.165, 1.54) is 18.2 Å². The lowest BCUT2D eigenvalue weighted by Gasteiger charge is -2.13. The third-order valence-corrected chi connectivity index (χ3v) is 4.85. The number of anilines is 1. The molecule has 2 aromatic carbocycles. The molecule has 3 aromatic rings. The van der Waals surface area contributed by atoms with E-state index in [1.54, 1.807) is 24.3 Å². The molecule has 11 heteroatoms. The molecule has 1 aliphatic heterocycles. The lowest BCUT2D eigenvalue weighted by Crippen LogP contribution is -2.44. The third kappa shape index (κ3) is 4.38. The molecule has 1 atom stereocenters. The number of nitrogens with zero attached hydrogens (tertiary/aromatic N) is 2. The van der Waals surface area contributed by atoms with E-state index >= 15 is 0 Å². The number of para-hydroxylation sites is 1. The first-order valence-electron chi connectivity index (χ1n) is 9.17. The Hall–Kier alpha value is -3.79. The van der Waals surface area contributed by atoms with Gasteiger partial charge in [0.2, 0.25) is 23.5 Å². The Morgan fingerprint density at radius 2 is 2.00 bits per heavy atom. The summed E-state index contributed by atoms with van der Waals surface area (Å²) in [5, 5.41) is 11.5. The lowest BCUT2D eigenvalue weighted by atomic mass is 10.1. The number of hydrogen-bond donors (Lipinski definition) is 3. The second kappa shape index (κ2) is 8.52. The van der Waals surface area contributed by atoms with Gasteiger partial charge in [0.1, 0.15) is 11.9 Å². The molecule has 1 aromatic heterocycles. The monoisotopic (exact) mass is 443 g/mol. The highest BCUT2D eigenvalue weighted by Crippen LogP contribution is 2.28. The largest absolute Gasteiger partial charge is 0.347 e. The molecule has 0 bridgehead atoms. The fraction of sp³-hybridized carbons (Fsp3) is 0.150. The van der Waals surface area contributed by atoms with E-state index in [0.717, 1.165) is 0 Å². The van der Waals surface area contributed by atoms with Gasteiger partial charge in [-0.3, -0.25) is 14.4 Å². The van der Waals surface area contributed by atoms with Gasteiger partial charge in [-0.25, -0.2) is 4.39 Å². The van der Waals surface area contributed by atoms with Crippen molar-refractivity contribution in [1.29, 1.82) is 0 Å². The Morgan fingerprint density at radius 1 is 1.19 bits per heavy atom. The molecule has 0 radical (unpaired) electrons. The average molecular weight is 444 g/mol. The molecule has 2 heterocycles. The molecule has 9 nitrogen and oxygen atoms in total. The minimum absolute atomic E-state index is 0.0112. The van der Waals surface area contributed by atoms with Crippen molar-refractivity contribution in [2.24, 2.45) is 0 Å². The van der Waals surface area contributed by atoms with Crippen LogP contribution in [-0.2, 0) is 16.1 Å². The SMILES string of the molecule is O=C(CC1NC(=O)c2ccccc2NC1=O)NCc1nc(-c2c(F)cccc2Cl)no1. The van der Waals surface area contributed by atoms with Crippen LogP contribution in [-0.4, -0.2) is 33.9 Å². The van der Waals surface area contributed by atoms with Gasteiger partial charge in [0.25, 0.3) is 5.91 Å². The van der Waals surface area contributed by atoms with Gasteiger partial charge in [-0.15, -0.1) is 0 Å². The van der Waals surface area contributed by atoms with Gasteiger partial charge in [0, 0.05) is 0 Å². The third-order valence-electron chi connectivity index (χ3n) is 4.53. The van der Waals surface area contributed by atoms with Gasteiger partial charge in [-0.2, -0.15) is 4.98 Å². The number of carbonyl (C=O) groups excluding carboxylic acids is 3. The summed E-state index contributed by atoms with van der Waals surface area (Å²) >= 11 is 5.98. The van der Waals surface area contributed by atoms with Crippen LogP contribution in [0.2, 0.25) is 5.02 Å². The van der Waals surface area contributed by atoms with Crippen LogP contribution in [0.25, 0.3) is 11.4 Å². The van der Waals surface area contributed by atoms with E-state index in [9.17, 15) is 18.8 Å². The molecule has 31 heavy (non-hydrogen) atoms. The standard InChI is InChI=1S/C20H15ClFN5O4/c21-11-5-3-6-12(22)17(11)18-26-16(31-27-18)9-23-15(28)8-14-20(30)24-13-7-2-1-4-10(13)19(29)25-14/h1-7,14H,8-9H2,(H,23,28)(H,24,30)(H,25,29). The molecular formula is C20H15ClFN5O4. The Bertz CT molecular complexity index is 1160. The zero-order valence-electron chi connectivity index (χ0n) is 15.8. The van der Waals surface area contributed by atoms with Gasteiger partial charge in [0.15, 0.2) is 0 Å². The molecule has 4 rings (SSSR count). The summed E-state index contributed by atoms with van der Waals surface area (Å²) in [5.74, 6) is -2.15. The Kier molecular flexibility index (Phi) is 5.63. The number of fused-ring (bicyclic) bond motifs is 1. The highest BCUT2D eigenvalue weighted by Gasteiger charge is 2.29. The fourth-order valence-electron chi connectivity index (χ4n) is 3.03. The quantitative estimate of drug-likeness (QED) is 0.555. The summed E-state index contributed by atoms with van der Waals surface area (Å²) in [7, 11) is 0. The van der Waals surface area contributed by atoms with Gasteiger partial charge >= 0.3 is 0 Å². The second-order valence-electron chi connectivity index (χ2n) is 6.65. The average Bonchev–Trinajstić information content (AvgIpc) is 3.16. The molecular weight excluding hydrogens is 429 g/mol. The molecule has 3 amide bonds. The van der Waals surface area contributed by atoms with Crippen molar-refractivity contribution >= 4 is 35.0 Å². The predicted octanol–water partition coefficient (Wildman–Crippen LogP) is 2.29. The summed E-state index contributed by atoms with van der Waals surface area (Å²) in [4.78, 5) is 41.0. The number of halogens is 2. The van der Waals surface area contributed by atoms with Crippen molar-refractivity contribution in [3.05, 3.63) is 64.8 Å². The maximum Gasteiger partial charge on any atom is 0.254 e. The number of amides is 3. The van der Waals surface area contributed by atoms with Crippen molar-refractivity contribution < 1.29 is 23.3 Å². The summed E-state index contributed by atoms with van der Waals surface area (Å²) in [5.41, 5.74) is 0.671. The van der Waals surface area contributed by atoms with Crippen molar-refractivity contribution in [3.63, 3.8) is 0 Å². The fourth-order valence-corrected chi connectivity index (χ4v) is 3.27. The lowest BCUT2D eigenvalue weighted by molar-refractivity contribution is -0.125. The zero-order chi connectivity index (χ0) is 22.0. The normalized spacial score (nSPS) is 15.5. The van der Waals surface area contributed by atoms with Gasteiger partial charge in [-0.05, 0) is 24.3 Å². The van der Waals surface area contributed by atoms with Gasteiger partial charge in [-0.1, -0.05) is 35.0 Å². The minimum atomic E-state index is -1.06. The molecule has 1 aliphatic rings. The molecule has 0 saturated heterocycles. The molecule has 0 aliphatic carbocycles. The van der Waals surface area contributed by atoms with Crippen molar-refractivity contribution in [2.45, 2.75) is 19.0 Å². The van der Waals surface area contributed by atoms with Gasteiger partial charge in [0.05, 0.1) is 34.8 Å². The first-order valence-corrected chi connectivity index (χ1v) is 9.54. The molecule has 1 unspecified atom stereocenters. The maximum absolute atomic E-state index is 14.0. The van der Waals surface area contributed by atoms with Crippen LogP contribution in [0.15, 0.2) is 47.0 Å². The molecule has 0 spiro atoms. The minimum Gasteiger partial charge on any atom is -0.347 e. The first kappa shape index (κ1) is 20.5. The van der Waals surface area contributed by atoms with Crippen LogP contribution in [0, 0.1) is 5.82 Å². The molecule has 0 saturated carbocycles. The van der Waals surface area contributed by atoms with E-state index in [-0.39, 0.29) is 35.3 Å². The van der Waals surface area contributed by atoms with E-state index in [2.05, 4.69) is 26.1 Å². The van der Waals surface area contributed by atoms with E-state index in [4.69, 9.17) is 16.1 Å². The summed E-state index contributed by atoms with van der Waals surface area (Å²) in [6.45, 7) is -0.152. The summed E-state index contributed by atoms with van der Waals surface area (Å²) in [6, 6.07) is 9.62. The van der Waals surface area contributed by atoms with Gasteiger partial charge < -0.3 is 20.5 Å². The van der Waals surface area contributed by atoms with Crippen LogP contribution in [0.1, 0.15) is 22.7 Å². The van der Waals surface area contributed by atoms with E-state index in [0.29, 0.717) is 11.3 Å². The molecule has 158 valence electrons. The first-order chi connectivity index (χ1) is 14.9. The van der Waals surface area contributed by atoms with Crippen molar-refractivity contribution in [1.82, 2.24) is 20.8 Å². The van der Waals surface area contributed by atoms with E-state index in [1.807, 2.05) is 0 Å².